The van der Waals surface area contributed by atoms with Crippen molar-refractivity contribution in [2.24, 2.45) is 5.41 Å². The Labute approximate surface area is 435 Å². The summed E-state index contributed by atoms with van der Waals surface area (Å²) in [5, 5.41) is 24.5. The van der Waals surface area contributed by atoms with E-state index < -0.39 is 41.3 Å². The van der Waals surface area contributed by atoms with E-state index in [9.17, 15) is 33.9 Å². The summed E-state index contributed by atoms with van der Waals surface area (Å²) in [4.78, 5) is 91.2. The molecule has 2 aliphatic rings. The van der Waals surface area contributed by atoms with Crippen molar-refractivity contribution in [3.8, 4) is 10.4 Å². The molecule has 3 aromatic heterocycles. The van der Waals surface area contributed by atoms with Gasteiger partial charge in [-0.15, -0.1) is 11.3 Å². The number of aromatic nitrogens is 4. The zero-order valence-corrected chi connectivity index (χ0v) is 44.4. The molecule has 5 aromatic rings. The van der Waals surface area contributed by atoms with Crippen LogP contribution in [0.25, 0.3) is 26.9 Å². The standard InChI is InChI=1S/C54H69N9O10S/c1-32(2)63-44-23-39(22-41(43(44)27-58-63)50(67)56-26-42-33(3)21-34(4)59-51(42)68)37-13-15-61(16-14-37)47(66)30-73-20-18-71-17-19-72-29-46(65)60-49(54(6,7)8)53(70)62-28-40(64)24-45(62)52(69)55-25-36-9-11-38(12-10-36)48-35(5)57-31-74-48/h9-13,21-23,27,31-32,40,45,49,64H,14-20,24-26,28-30H2,1-8H3,(H,55,69)(H,56,67)(H,59,68)(H,60,65)/t40-,45+,49?/m1/s1. The highest BCUT2D eigenvalue weighted by atomic mass is 32.1. The molecule has 1 unspecified atom stereocenters. The molecular formula is C54H69N9O10S. The average molecular weight is 1040 g/mol. The van der Waals surface area contributed by atoms with E-state index in [1.165, 1.54) is 4.90 Å². The van der Waals surface area contributed by atoms with Crippen LogP contribution < -0.4 is 21.5 Å². The van der Waals surface area contributed by atoms with Crippen molar-refractivity contribution >= 4 is 57.3 Å². The summed E-state index contributed by atoms with van der Waals surface area (Å²) in [5.41, 5.74) is 8.88. The van der Waals surface area contributed by atoms with Crippen molar-refractivity contribution in [2.75, 3.05) is 59.3 Å². The molecule has 0 aliphatic carbocycles. The number of likely N-dealkylation sites (tertiary alicyclic amines) is 1. The molecule has 5 amide bonds. The quantitative estimate of drug-likeness (QED) is 0.0626. The predicted molar refractivity (Wildman–Crippen MR) is 281 cm³/mol. The Morgan fingerprint density at radius 1 is 0.919 bits per heavy atom. The number of aliphatic hydroxyl groups excluding tert-OH is 1. The van der Waals surface area contributed by atoms with Gasteiger partial charge in [0.2, 0.25) is 23.6 Å². The highest BCUT2D eigenvalue weighted by Crippen LogP contribution is 2.31. The van der Waals surface area contributed by atoms with E-state index in [-0.39, 0.29) is 89.1 Å². The van der Waals surface area contributed by atoms with Crippen molar-refractivity contribution < 1.29 is 43.3 Å². The third-order valence-corrected chi connectivity index (χ3v) is 14.2. The normalized spacial score (nSPS) is 16.4. The van der Waals surface area contributed by atoms with Crippen LogP contribution in [0.15, 0.2) is 65.0 Å². The van der Waals surface area contributed by atoms with E-state index in [1.54, 1.807) is 27.9 Å². The summed E-state index contributed by atoms with van der Waals surface area (Å²) in [5.74, 6) is -1.87. The number of nitrogens with zero attached hydrogens (tertiary/aromatic N) is 5. The summed E-state index contributed by atoms with van der Waals surface area (Å²) >= 11 is 1.56. The van der Waals surface area contributed by atoms with Crippen molar-refractivity contribution in [3.63, 3.8) is 0 Å². The van der Waals surface area contributed by atoms with E-state index in [4.69, 9.17) is 14.2 Å². The van der Waals surface area contributed by atoms with Gasteiger partial charge in [0.1, 0.15) is 25.3 Å². The molecule has 7 rings (SSSR count). The zero-order valence-electron chi connectivity index (χ0n) is 43.5. The number of rotatable bonds is 21. The molecule has 2 aliphatic heterocycles. The lowest BCUT2D eigenvalue weighted by atomic mass is 9.85. The average Bonchev–Trinajstić information content (AvgIpc) is 4.11. The van der Waals surface area contributed by atoms with Gasteiger partial charge < -0.3 is 50.1 Å². The first-order valence-corrected chi connectivity index (χ1v) is 25.9. The number of aryl methyl sites for hydroxylation is 3. The third kappa shape index (κ3) is 13.8. The lowest BCUT2D eigenvalue weighted by Gasteiger charge is -2.35. The second-order valence-corrected chi connectivity index (χ2v) is 21.1. The van der Waals surface area contributed by atoms with Crippen molar-refractivity contribution in [1.29, 1.82) is 0 Å². The van der Waals surface area contributed by atoms with E-state index >= 15 is 0 Å². The third-order valence-electron chi connectivity index (χ3n) is 13.2. The van der Waals surface area contributed by atoms with Crippen LogP contribution in [-0.4, -0.2) is 142 Å². The molecule has 19 nitrogen and oxygen atoms in total. The molecule has 1 fully saturated rings. The van der Waals surface area contributed by atoms with Crippen LogP contribution in [0, 0.1) is 26.2 Å². The summed E-state index contributed by atoms with van der Waals surface area (Å²) in [7, 11) is 0. The number of carbonyl (C=O) groups excluding carboxylic acids is 5. The van der Waals surface area contributed by atoms with Crippen LogP contribution in [0.4, 0.5) is 0 Å². The van der Waals surface area contributed by atoms with Gasteiger partial charge in [0.15, 0.2) is 0 Å². The van der Waals surface area contributed by atoms with E-state index in [0.29, 0.717) is 36.0 Å². The lowest BCUT2D eigenvalue weighted by molar-refractivity contribution is -0.144. The zero-order chi connectivity index (χ0) is 53.3. The molecule has 2 aromatic carbocycles. The number of hydrogen-bond acceptors (Lipinski definition) is 13. The largest absolute Gasteiger partial charge is 0.391 e. The fourth-order valence-electron chi connectivity index (χ4n) is 9.19. The van der Waals surface area contributed by atoms with Crippen molar-refractivity contribution in [3.05, 3.63) is 110 Å². The summed E-state index contributed by atoms with van der Waals surface area (Å²) < 4.78 is 18.6. The first-order chi connectivity index (χ1) is 35.3. The molecule has 1 saturated heterocycles. The monoisotopic (exact) mass is 1040 g/mol. The molecule has 5 N–H and O–H groups in total. The smallest absolute Gasteiger partial charge is 0.253 e. The van der Waals surface area contributed by atoms with E-state index in [2.05, 4.69) is 31.0 Å². The van der Waals surface area contributed by atoms with Crippen molar-refractivity contribution in [2.45, 2.75) is 106 Å². The number of thiazole rings is 1. The number of nitrogens with one attached hydrogen (secondary N) is 4. The highest BCUT2D eigenvalue weighted by Gasteiger charge is 2.44. The molecule has 0 saturated carbocycles. The maximum absolute atomic E-state index is 14.0. The van der Waals surface area contributed by atoms with Gasteiger partial charge in [-0.05, 0) is 92.5 Å². The summed E-state index contributed by atoms with van der Waals surface area (Å²) in [6, 6.07) is 11.7. The van der Waals surface area contributed by atoms with Crippen LogP contribution in [-0.2, 0) is 46.5 Å². The van der Waals surface area contributed by atoms with Gasteiger partial charge in [-0.1, -0.05) is 51.1 Å². The van der Waals surface area contributed by atoms with Crippen LogP contribution >= 0.6 is 11.3 Å². The summed E-state index contributed by atoms with van der Waals surface area (Å²) in [6.07, 6.45) is 3.43. The Morgan fingerprint density at radius 2 is 1.64 bits per heavy atom. The number of benzene rings is 2. The number of pyridine rings is 1. The molecule has 20 heteroatoms. The molecule has 396 valence electrons. The van der Waals surface area contributed by atoms with Gasteiger partial charge in [0.25, 0.3) is 11.5 Å². The number of hydrogen-bond donors (Lipinski definition) is 5. The van der Waals surface area contributed by atoms with Crippen LogP contribution in [0.5, 0.6) is 0 Å². The van der Waals surface area contributed by atoms with Gasteiger partial charge in [0, 0.05) is 61.8 Å². The first-order valence-electron chi connectivity index (χ1n) is 25.0. The Bertz CT molecular complexity index is 2920. The van der Waals surface area contributed by atoms with Crippen LogP contribution in [0.1, 0.15) is 97.5 Å². The topological polar surface area (TPSA) is 239 Å². The number of carbonyl (C=O) groups is 5. The number of ether oxygens (including phenoxy) is 3. The molecule has 0 spiro atoms. The fourth-order valence-corrected chi connectivity index (χ4v) is 10.0. The number of amides is 5. The van der Waals surface area contributed by atoms with Gasteiger partial charge in [-0.25, -0.2) is 4.98 Å². The van der Waals surface area contributed by atoms with Crippen molar-refractivity contribution in [1.82, 2.24) is 45.5 Å². The summed E-state index contributed by atoms with van der Waals surface area (Å²) in [6.45, 7) is 16.3. The molecule has 3 atom stereocenters. The molecule has 74 heavy (non-hydrogen) atoms. The Hall–Kier alpha value is -6.58. The minimum Gasteiger partial charge on any atom is -0.391 e. The molecule has 0 radical (unpaired) electrons. The number of H-pyrrole nitrogens is 1. The number of β-amino-alcohol motifs (C(OH)–C–C–N with tert-alkyl or cyclic N) is 1. The van der Waals surface area contributed by atoms with E-state index in [1.807, 2.05) is 109 Å². The maximum atomic E-state index is 14.0. The van der Waals surface area contributed by atoms with Gasteiger partial charge >= 0.3 is 0 Å². The second kappa shape index (κ2) is 24.6. The predicted octanol–water partition coefficient (Wildman–Crippen LogP) is 4.76. The Balaban J connectivity index is 0.810. The second-order valence-electron chi connectivity index (χ2n) is 20.2. The number of aliphatic hydroxyl groups is 1. The van der Waals surface area contributed by atoms with Gasteiger partial charge in [0.05, 0.1) is 65.9 Å². The molecule has 5 heterocycles. The maximum Gasteiger partial charge on any atom is 0.253 e. The highest BCUT2D eigenvalue weighted by molar-refractivity contribution is 7.13. The first kappa shape index (κ1) is 55.2. The Morgan fingerprint density at radius 3 is 2.28 bits per heavy atom. The molecule has 0 bridgehead atoms. The fraction of sp³-hybridized carbons (Fsp3) is 0.481. The minimum absolute atomic E-state index is 0.0391. The van der Waals surface area contributed by atoms with Crippen LogP contribution in [0.2, 0.25) is 0 Å². The Kier molecular flexibility index (Phi) is 18.4. The SMILES string of the molecule is Cc1cc(C)c(CNC(=O)c2cc(C3=CCN(C(=O)COCCOCCOCC(=O)NC(C(=O)N4C[C@H](O)C[C@H]4C(=O)NCc4ccc(-c5scnc5C)cc4)C(C)(C)C)CC3)cc3c2cnn3C(C)C)c(=O)[nH]1. The number of aromatic amines is 1. The lowest BCUT2D eigenvalue weighted by Crippen LogP contribution is -2.58. The van der Waals surface area contributed by atoms with Gasteiger partial charge in [-0.3, -0.25) is 33.4 Å². The number of fused-ring (bicyclic) bond motifs is 1. The molecular weight excluding hydrogens is 967 g/mol. The van der Waals surface area contributed by atoms with E-state index in [0.717, 1.165) is 49.6 Å². The minimum atomic E-state index is -1.000. The van der Waals surface area contributed by atoms with Crippen LogP contribution in [0.3, 0.4) is 0 Å². The van der Waals surface area contributed by atoms with Gasteiger partial charge in [-0.2, -0.15) is 5.10 Å².